The van der Waals surface area contributed by atoms with Crippen LogP contribution in [-0.4, -0.2) is 40.1 Å². The number of nitrogens with one attached hydrogen (secondary N) is 1. The summed E-state index contributed by atoms with van der Waals surface area (Å²) in [6.45, 7) is 3.71. The van der Waals surface area contributed by atoms with E-state index in [2.05, 4.69) is 10.3 Å². The standard InChI is InChI=1S/C27H24FN3O4S/c1-16(2)29-25(33)18-6-13-22-23(14-18)30-27(31(26(22)34)20-9-7-19(28)8-10-20)36-15-24(32)17-4-11-21(35-3)12-5-17/h4-14,16H,15H2,1-3H3,(H,29,33). The molecule has 7 nitrogen and oxygen atoms in total. The zero-order chi connectivity index (χ0) is 25.8. The van der Waals surface area contributed by atoms with E-state index in [1.165, 1.54) is 28.8 Å². The van der Waals surface area contributed by atoms with Gasteiger partial charge in [-0.3, -0.25) is 19.0 Å². The SMILES string of the molecule is COc1ccc(C(=O)CSc2nc3cc(C(=O)NC(C)C)ccc3c(=O)n2-c2ccc(F)cc2)cc1. The number of Topliss-reactive ketones (excluding diaryl/α,β-unsaturated/α-hetero) is 1. The van der Waals surface area contributed by atoms with Crippen LogP contribution in [-0.2, 0) is 0 Å². The van der Waals surface area contributed by atoms with Gasteiger partial charge in [0.2, 0.25) is 0 Å². The monoisotopic (exact) mass is 505 g/mol. The highest BCUT2D eigenvalue weighted by atomic mass is 32.2. The molecule has 0 aliphatic carbocycles. The molecule has 0 bridgehead atoms. The third-order valence-electron chi connectivity index (χ3n) is 5.35. The number of rotatable bonds is 8. The number of thioether (sulfide) groups is 1. The number of ether oxygens (including phenoxy) is 1. The van der Waals surface area contributed by atoms with Crippen LogP contribution in [0.2, 0.25) is 0 Å². The molecule has 1 amide bonds. The predicted molar refractivity (Wildman–Crippen MR) is 138 cm³/mol. The molecule has 0 aliphatic rings. The largest absolute Gasteiger partial charge is 0.497 e. The van der Waals surface area contributed by atoms with Crippen LogP contribution in [0.25, 0.3) is 16.6 Å². The Hall–Kier alpha value is -3.98. The first-order valence-corrected chi connectivity index (χ1v) is 12.2. The summed E-state index contributed by atoms with van der Waals surface area (Å²) in [6.07, 6.45) is 0. The minimum absolute atomic E-state index is 0.0129. The molecule has 0 unspecified atom stereocenters. The van der Waals surface area contributed by atoms with E-state index in [9.17, 15) is 18.8 Å². The summed E-state index contributed by atoms with van der Waals surface area (Å²) in [7, 11) is 1.55. The number of nitrogens with zero attached hydrogens (tertiary/aromatic N) is 2. The lowest BCUT2D eigenvalue weighted by Crippen LogP contribution is -2.30. The quantitative estimate of drug-likeness (QED) is 0.213. The summed E-state index contributed by atoms with van der Waals surface area (Å²) < 4.78 is 20.0. The minimum Gasteiger partial charge on any atom is -0.497 e. The van der Waals surface area contributed by atoms with Crippen molar-refractivity contribution in [2.75, 3.05) is 12.9 Å². The Morgan fingerprint density at radius 3 is 2.33 bits per heavy atom. The molecule has 4 rings (SSSR count). The van der Waals surface area contributed by atoms with Crippen molar-refractivity contribution in [1.82, 2.24) is 14.9 Å². The fourth-order valence-corrected chi connectivity index (χ4v) is 4.46. The molecule has 0 aliphatic heterocycles. The number of ketones is 1. The number of aromatic nitrogens is 2. The van der Waals surface area contributed by atoms with Crippen LogP contribution in [0.3, 0.4) is 0 Å². The lowest BCUT2D eigenvalue weighted by molar-refractivity contribution is 0.0942. The molecule has 3 aromatic carbocycles. The molecule has 0 fully saturated rings. The average Bonchev–Trinajstić information content (AvgIpc) is 2.87. The number of benzene rings is 3. The van der Waals surface area contributed by atoms with E-state index in [0.717, 1.165) is 11.8 Å². The van der Waals surface area contributed by atoms with Crippen molar-refractivity contribution >= 4 is 34.4 Å². The van der Waals surface area contributed by atoms with Gasteiger partial charge in [-0.15, -0.1) is 0 Å². The Morgan fingerprint density at radius 1 is 1.03 bits per heavy atom. The first kappa shape index (κ1) is 25.1. The number of carbonyl (C=O) groups excluding carboxylic acids is 2. The molecule has 0 saturated heterocycles. The van der Waals surface area contributed by atoms with Gasteiger partial charge in [-0.25, -0.2) is 9.37 Å². The highest BCUT2D eigenvalue weighted by Crippen LogP contribution is 2.24. The van der Waals surface area contributed by atoms with Gasteiger partial charge in [-0.1, -0.05) is 11.8 Å². The van der Waals surface area contributed by atoms with E-state index in [4.69, 9.17) is 4.74 Å². The Balaban J connectivity index is 1.75. The van der Waals surface area contributed by atoms with Gasteiger partial charge in [0.25, 0.3) is 11.5 Å². The smallest absolute Gasteiger partial charge is 0.266 e. The number of hydrogen-bond acceptors (Lipinski definition) is 6. The molecule has 184 valence electrons. The lowest BCUT2D eigenvalue weighted by atomic mass is 10.1. The summed E-state index contributed by atoms with van der Waals surface area (Å²) in [4.78, 5) is 43.4. The minimum atomic E-state index is -0.440. The molecular weight excluding hydrogens is 481 g/mol. The summed E-state index contributed by atoms with van der Waals surface area (Å²) in [5, 5.41) is 3.37. The predicted octanol–water partition coefficient (Wildman–Crippen LogP) is 4.65. The fourth-order valence-electron chi connectivity index (χ4n) is 3.56. The van der Waals surface area contributed by atoms with E-state index in [-0.39, 0.29) is 34.2 Å². The van der Waals surface area contributed by atoms with Crippen molar-refractivity contribution < 1.29 is 18.7 Å². The number of halogens is 1. The third-order valence-corrected chi connectivity index (χ3v) is 6.29. The number of fused-ring (bicyclic) bond motifs is 1. The first-order chi connectivity index (χ1) is 17.3. The molecular formula is C27H24FN3O4S. The van der Waals surface area contributed by atoms with Crippen molar-refractivity contribution in [3.8, 4) is 11.4 Å². The van der Waals surface area contributed by atoms with Gasteiger partial charge in [0.05, 0.1) is 29.5 Å². The zero-order valence-corrected chi connectivity index (χ0v) is 20.8. The van der Waals surface area contributed by atoms with E-state index in [1.807, 2.05) is 13.8 Å². The summed E-state index contributed by atoms with van der Waals surface area (Å²) in [6, 6.07) is 16.8. The first-order valence-electron chi connectivity index (χ1n) is 11.2. The summed E-state index contributed by atoms with van der Waals surface area (Å²) in [5.41, 5.74) is 1.22. The molecule has 4 aromatic rings. The second-order valence-electron chi connectivity index (χ2n) is 8.31. The van der Waals surface area contributed by atoms with Gasteiger partial charge in [-0.05, 0) is 80.6 Å². The van der Waals surface area contributed by atoms with Gasteiger partial charge < -0.3 is 10.1 Å². The second kappa shape index (κ2) is 10.7. The van der Waals surface area contributed by atoms with Crippen molar-refractivity contribution in [2.45, 2.75) is 25.0 Å². The topological polar surface area (TPSA) is 90.3 Å². The second-order valence-corrected chi connectivity index (χ2v) is 9.25. The Labute approximate surface area is 211 Å². The van der Waals surface area contributed by atoms with Crippen LogP contribution < -0.4 is 15.6 Å². The van der Waals surface area contributed by atoms with Crippen LogP contribution in [0.5, 0.6) is 5.75 Å². The fraction of sp³-hybridized carbons (Fsp3) is 0.185. The molecule has 0 saturated carbocycles. The van der Waals surface area contributed by atoms with Crippen LogP contribution in [0, 0.1) is 5.82 Å². The van der Waals surface area contributed by atoms with Crippen molar-refractivity contribution in [3.05, 3.63) is 94.0 Å². The van der Waals surface area contributed by atoms with Gasteiger partial charge in [0.15, 0.2) is 10.9 Å². The Kier molecular flexibility index (Phi) is 7.49. The number of hydrogen-bond donors (Lipinski definition) is 1. The van der Waals surface area contributed by atoms with Gasteiger partial charge in [0.1, 0.15) is 11.6 Å². The molecule has 0 spiro atoms. The van der Waals surface area contributed by atoms with Crippen LogP contribution in [0.4, 0.5) is 4.39 Å². The van der Waals surface area contributed by atoms with E-state index in [0.29, 0.717) is 33.5 Å². The summed E-state index contributed by atoms with van der Waals surface area (Å²) >= 11 is 1.09. The highest BCUT2D eigenvalue weighted by molar-refractivity contribution is 7.99. The van der Waals surface area contributed by atoms with Crippen LogP contribution >= 0.6 is 11.8 Å². The number of carbonyl (C=O) groups is 2. The van der Waals surface area contributed by atoms with E-state index >= 15 is 0 Å². The van der Waals surface area contributed by atoms with Crippen molar-refractivity contribution in [1.29, 1.82) is 0 Å². The van der Waals surface area contributed by atoms with Gasteiger partial charge >= 0.3 is 0 Å². The highest BCUT2D eigenvalue weighted by Gasteiger charge is 2.17. The normalized spacial score (nSPS) is 11.0. The van der Waals surface area contributed by atoms with E-state index in [1.54, 1.807) is 49.6 Å². The maximum atomic E-state index is 13.6. The zero-order valence-electron chi connectivity index (χ0n) is 19.9. The molecule has 9 heteroatoms. The average molecular weight is 506 g/mol. The van der Waals surface area contributed by atoms with Crippen LogP contribution in [0.1, 0.15) is 34.6 Å². The van der Waals surface area contributed by atoms with Crippen LogP contribution in [0.15, 0.2) is 76.7 Å². The molecule has 0 radical (unpaired) electrons. The van der Waals surface area contributed by atoms with Crippen molar-refractivity contribution in [2.24, 2.45) is 0 Å². The maximum absolute atomic E-state index is 13.6. The molecule has 36 heavy (non-hydrogen) atoms. The molecule has 1 N–H and O–H groups in total. The lowest BCUT2D eigenvalue weighted by Gasteiger charge is -2.14. The van der Waals surface area contributed by atoms with Crippen molar-refractivity contribution in [3.63, 3.8) is 0 Å². The molecule has 0 atom stereocenters. The van der Waals surface area contributed by atoms with E-state index < -0.39 is 5.82 Å². The number of methoxy groups -OCH3 is 1. The van der Waals surface area contributed by atoms with Gasteiger partial charge in [-0.2, -0.15) is 0 Å². The summed E-state index contributed by atoms with van der Waals surface area (Å²) in [5.74, 6) is -0.227. The molecule has 1 aromatic heterocycles. The third kappa shape index (κ3) is 5.46. The Bertz CT molecular complexity index is 1480. The maximum Gasteiger partial charge on any atom is 0.266 e. The Morgan fingerprint density at radius 2 is 1.69 bits per heavy atom. The van der Waals surface area contributed by atoms with Gasteiger partial charge in [0, 0.05) is 17.2 Å². The number of amides is 1. The molecule has 1 heterocycles.